The van der Waals surface area contributed by atoms with Crippen molar-refractivity contribution >= 4 is 10.9 Å². The summed E-state index contributed by atoms with van der Waals surface area (Å²) < 4.78 is 2.35. The molecule has 0 fully saturated rings. The molecule has 1 aliphatic rings. The fourth-order valence-corrected chi connectivity index (χ4v) is 3.58. The van der Waals surface area contributed by atoms with E-state index in [4.69, 9.17) is 0 Å². The number of hydrogen-bond acceptors (Lipinski definition) is 1. The Hall–Kier alpha value is -1.28. The highest BCUT2D eigenvalue weighted by molar-refractivity contribution is 5.90. The van der Waals surface area contributed by atoms with Crippen LogP contribution in [-0.4, -0.2) is 29.6 Å². The van der Waals surface area contributed by atoms with Gasteiger partial charge in [0.2, 0.25) is 0 Å². The second-order valence-electron chi connectivity index (χ2n) is 5.89. The van der Waals surface area contributed by atoms with Gasteiger partial charge < -0.3 is 9.47 Å². The van der Waals surface area contributed by atoms with Crippen molar-refractivity contribution < 1.29 is 0 Å². The predicted molar refractivity (Wildman–Crippen MR) is 88.6 cm³/mol. The summed E-state index contributed by atoms with van der Waals surface area (Å²) in [4.78, 5) is 2.37. The highest BCUT2D eigenvalue weighted by atomic mass is 15.1. The Morgan fingerprint density at radius 2 is 1.85 bits per heavy atom. The maximum absolute atomic E-state index is 2.37. The average molecular weight is 272 g/mol. The molecule has 0 saturated carbocycles. The molecule has 0 bridgehead atoms. The Balaban J connectivity index is 0.000000704. The normalized spacial score (nSPS) is 21.0. The second kappa shape index (κ2) is 5.61. The van der Waals surface area contributed by atoms with Gasteiger partial charge in [-0.3, -0.25) is 0 Å². The van der Waals surface area contributed by atoms with E-state index in [2.05, 4.69) is 62.7 Å². The number of aromatic nitrogens is 1. The average Bonchev–Trinajstić information content (AvgIpc) is 2.70. The van der Waals surface area contributed by atoms with Crippen LogP contribution in [0.1, 0.15) is 43.5 Å². The van der Waals surface area contributed by atoms with Crippen LogP contribution >= 0.6 is 0 Å². The van der Waals surface area contributed by atoms with Gasteiger partial charge in [-0.2, -0.15) is 0 Å². The van der Waals surface area contributed by atoms with Crippen molar-refractivity contribution in [1.82, 2.24) is 9.47 Å². The zero-order valence-corrected chi connectivity index (χ0v) is 14.0. The van der Waals surface area contributed by atoms with E-state index in [1.807, 2.05) is 13.8 Å². The van der Waals surface area contributed by atoms with Gasteiger partial charge in [-0.25, -0.2) is 0 Å². The highest BCUT2D eigenvalue weighted by Crippen LogP contribution is 2.40. The number of benzene rings is 1. The lowest BCUT2D eigenvalue weighted by molar-refractivity contribution is 0.256. The molecular weight excluding hydrogens is 244 g/mol. The first-order valence-corrected chi connectivity index (χ1v) is 7.75. The van der Waals surface area contributed by atoms with E-state index >= 15 is 0 Å². The predicted octanol–water partition coefficient (Wildman–Crippen LogP) is 4.10. The topological polar surface area (TPSA) is 8.17 Å². The Morgan fingerprint density at radius 3 is 2.45 bits per heavy atom. The van der Waals surface area contributed by atoms with E-state index in [-0.39, 0.29) is 0 Å². The molecule has 0 aliphatic heterocycles. The van der Waals surface area contributed by atoms with Crippen LogP contribution in [0.15, 0.2) is 18.2 Å². The highest BCUT2D eigenvalue weighted by Gasteiger charge is 2.31. The summed E-state index contributed by atoms with van der Waals surface area (Å²) in [5.74, 6) is 0.609. The zero-order chi connectivity index (χ0) is 15.0. The fourth-order valence-electron chi connectivity index (χ4n) is 3.58. The van der Waals surface area contributed by atoms with Gasteiger partial charge in [0.25, 0.3) is 0 Å². The number of likely N-dealkylation sites (N-methyl/N-ethyl adjacent to an activating group) is 1. The summed E-state index contributed by atoms with van der Waals surface area (Å²) in [5.41, 5.74) is 5.90. The molecule has 110 valence electrons. The van der Waals surface area contributed by atoms with Gasteiger partial charge in [0, 0.05) is 29.7 Å². The van der Waals surface area contributed by atoms with Crippen LogP contribution in [0.4, 0.5) is 0 Å². The van der Waals surface area contributed by atoms with Crippen LogP contribution < -0.4 is 0 Å². The summed E-state index contributed by atoms with van der Waals surface area (Å²) in [5, 5.41) is 1.52. The number of aryl methyl sites for hydroxylation is 1. The van der Waals surface area contributed by atoms with Crippen molar-refractivity contribution in [3.05, 3.63) is 35.0 Å². The third-order valence-electron chi connectivity index (χ3n) is 4.82. The Kier molecular flexibility index (Phi) is 4.24. The van der Waals surface area contributed by atoms with Crippen molar-refractivity contribution in [2.75, 3.05) is 14.1 Å². The van der Waals surface area contributed by atoms with Gasteiger partial charge in [-0.05, 0) is 50.6 Å². The van der Waals surface area contributed by atoms with Gasteiger partial charge in [0.05, 0.1) is 0 Å². The van der Waals surface area contributed by atoms with Crippen LogP contribution in [0.2, 0.25) is 0 Å². The summed E-state index contributed by atoms with van der Waals surface area (Å²) >= 11 is 0. The monoisotopic (exact) mass is 272 g/mol. The molecule has 1 aromatic carbocycles. The second-order valence-corrected chi connectivity index (χ2v) is 5.89. The molecule has 2 atom stereocenters. The first kappa shape index (κ1) is 15.1. The number of hydrogen-bond donors (Lipinski definition) is 0. The number of nitrogens with zero attached hydrogens (tertiary/aromatic N) is 2. The molecule has 2 unspecified atom stereocenters. The molecule has 0 amide bonds. The van der Waals surface area contributed by atoms with Gasteiger partial charge in [-0.1, -0.05) is 32.9 Å². The summed E-state index contributed by atoms with van der Waals surface area (Å²) in [6, 6.07) is 7.38. The van der Waals surface area contributed by atoms with E-state index in [0.717, 1.165) is 0 Å². The third kappa shape index (κ3) is 2.07. The first-order chi connectivity index (χ1) is 9.52. The van der Waals surface area contributed by atoms with Crippen molar-refractivity contribution in [1.29, 1.82) is 0 Å². The molecule has 2 heteroatoms. The van der Waals surface area contributed by atoms with Crippen molar-refractivity contribution in [2.24, 2.45) is 7.05 Å². The zero-order valence-electron chi connectivity index (χ0n) is 14.0. The molecule has 1 heterocycles. The summed E-state index contributed by atoms with van der Waals surface area (Å²) in [6.07, 6.45) is 1.17. The van der Waals surface area contributed by atoms with Crippen molar-refractivity contribution in [3.63, 3.8) is 0 Å². The van der Waals surface area contributed by atoms with Crippen molar-refractivity contribution in [3.8, 4) is 0 Å². The molecule has 1 aliphatic carbocycles. The quantitative estimate of drug-likeness (QED) is 0.758. The van der Waals surface area contributed by atoms with E-state index in [0.29, 0.717) is 12.0 Å². The largest absolute Gasteiger partial charge is 0.348 e. The van der Waals surface area contributed by atoms with Gasteiger partial charge in [0.1, 0.15) is 0 Å². The van der Waals surface area contributed by atoms with Gasteiger partial charge in [0.15, 0.2) is 0 Å². The van der Waals surface area contributed by atoms with E-state index in [9.17, 15) is 0 Å². The standard InChI is InChI=1S/C16H22N2.C2H6/c1-10-12-7-6-8-14-16(12)13(11(2)18(14)5)9-15(10)17(3)4;1-2/h6-8,10,15H,9H2,1-5H3;1-2H3. The molecule has 20 heavy (non-hydrogen) atoms. The summed E-state index contributed by atoms with van der Waals surface area (Å²) in [7, 11) is 6.58. The Morgan fingerprint density at radius 1 is 1.20 bits per heavy atom. The minimum absolute atomic E-state index is 0.609. The molecule has 0 spiro atoms. The van der Waals surface area contributed by atoms with Gasteiger partial charge in [-0.15, -0.1) is 0 Å². The lowest BCUT2D eigenvalue weighted by atomic mass is 9.80. The number of rotatable bonds is 1. The minimum Gasteiger partial charge on any atom is -0.348 e. The molecule has 2 nitrogen and oxygen atoms in total. The van der Waals surface area contributed by atoms with Crippen LogP contribution in [0.3, 0.4) is 0 Å². The maximum atomic E-state index is 2.37. The fraction of sp³-hybridized carbons (Fsp3) is 0.556. The third-order valence-corrected chi connectivity index (χ3v) is 4.82. The van der Waals surface area contributed by atoms with Crippen LogP contribution in [0.25, 0.3) is 10.9 Å². The molecular formula is C18H28N2. The van der Waals surface area contributed by atoms with Crippen LogP contribution in [0.5, 0.6) is 0 Å². The van der Waals surface area contributed by atoms with Crippen molar-refractivity contribution in [2.45, 2.75) is 46.1 Å². The molecule has 0 saturated heterocycles. The molecule has 0 radical (unpaired) electrons. The van der Waals surface area contributed by atoms with E-state index in [1.165, 1.54) is 28.6 Å². The lowest BCUT2D eigenvalue weighted by Crippen LogP contribution is -2.36. The Labute approximate surface area is 123 Å². The van der Waals surface area contributed by atoms with E-state index in [1.54, 1.807) is 5.56 Å². The Bertz CT molecular complexity index is 607. The van der Waals surface area contributed by atoms with Crippen LogP contribution in [0, 0.1) is 6.92 Å². The molecule has 0 N–H and O–H groups in total. The molecule has 1 aromatic heterocycles. The maximum Gasteiger partial charge on any atom is 0.0485 e. The molecule has 3 rings (SSSR count). The minimum atomic E-state index is 0.609. The van der Waals surface area contributed by atoms with Crippen LogP contribution in [-0.2, 0) is 13.5 Å². The first-order valence-electron chi connectivity index (χ1n) is 7.75. The lowest BCUT2D eigenvalue weighted by Gasteiger charge is -2.34. The molecule has 2 aromatic rings. The SMILES string of the molecule is CC.Cc1c2c3c(cccc3n1C)C(C)C(N(C)C)C2. The van der Waals surface area contributed by atoms with Gasteiger partial charge >= 0.3 is 0 Å². The van der Waals surface area contributed by atoms with E-state index < -0.39 is 0 Å². The smallest absolute Gasteiger partial charge is 0.0485 e. The summed E-state index contributed by atoms with van der Waals surface area (Å²) in [6.45, 7) is 8.62.